The molecule has 1 aromatic rings. The van der Waals surface area contributed by atoms with Crippen LogP contribution in [-0.2, 0) is 4.44 Å². The van der Waals surface area contributed by atoms with Crippen molar-refractivity contribution in [2.75, 3.05) is 7.11 Å². The van der Waals surface area contributed by atoms with Crippen LogP contribution >= 0.6 is 0 Å². The molecule has 0 spiro atoms. The van der Waals surface area contributed by atoms with Crippen molar-refractivity contribution in [2.24, 2.45) is 0 Å². The first-order valence-electron chi connectivity index (χ1n) is 9.43. The molecule has 0 heterocycles. The van der Waals surface area contributed by atoms with Crippen LogP contribution in [0.2, 0.25) is 13.3 Å². The van der Waals surface area contributed by atoms with Crippen molar-refractivity contribution in [2.45, 2.75) is 77.0 Å². The Balaban J connectivity index is 3.06. The van der Waals surface area contributed by atoms with Crippen LogP contribution in [0.4, 0.5) is 4.39 Å². The summed E-state index contributed by atoms with van der Waals surface area (Å²) < 4.78 is 24.8. The first-order chi connectivity index (χ1) is 11.1. The minimum atomic E-state index is -2.29. The number of unbranched alkanes of at least 4 members (excludes halogenated alkanes) is 3. The van der Waals surface area contributed by atoms with E-state index in [1.165, 1.54) is 57.9 Å². The van der Waals surface area contributed by atoms with Gasteiger partial charge in [0.05, 0.1) is 0 Å². The van der Waals surface area contributed by atoms with Gasteiger partial charge in [-0.15, -0.1) is 0 Å². The van der Waals surface area contributed by atoms with Gasteiger partial charge < -0.3 is 0 Å². The number of hydrogen-bond donors (Lipinski definition) is 0. The molecule has 0 aliphatic carbocycles. The minimum absolute atomic E-state index is 0.123. The Kier molecular flexibility index (Phi) is 10.2. The number of halogens is 1. The zero-order valence-electron chi connectivity index (χ0n) is 15.6. The van der Waals surface area contributed by atoms with Gasteiger partial charge in [0.1, 0.15) is 0 Å². The second-order valence-corrected chi connectivity index (χ2v) is 20.8. The van der Waals surface area contributed by atoms with E-state index in [0.29, 0.717) is 0 Å². The van der Waals surface area contributed by atoms with Gasteiger partial charge >= 0.3 is 147 Å². The summed E-state index contributed by atoms with van der Waals surface area (Å²) in [5, 5.41) is 0. The second-order valence-electron chi connectivity index (χ2n) is 6.94. The SMILES string of the molecule is CCC[CH2][Sn]([CH2]CCC)([CH2]CCC)[CH2]c1cc(F)ccc1OC. The standard InChI is InChI=1S/C8H8FO.3C4H9.Sn/c1-6-5-7(9)3-4-8(6)10-2;3*1-3-4-2;/h3-5H,1H2,2H3;3*1,3-4H2,2H3;. The van der Waals surface area contributed by atoms with Crippen molar-refractivity contribution in [3.8, 4) is 5.75 Å². The Morgan fingerprint density at radius 1 is 0.913 bits per heavy atom. The van der Waals surface area contributed by atoms with Crippen LogP contribution in [-0.4, -0.2) is 25.5 Å². The summed E-state index contributed by atoms with van der Waals surface area (Å²) in [6, 6.07) is 5.05. The fraction of sp³-hybridized carbons (Fsp3) is 0.700. The molecule has 3 heteroatoms. The van der Waals surface area contributed by atoms with E-state index in [0.717, 1.165) is 15.7 Å². The molecule has 0 aromatic heterocycles. The average molecular weight is 429 g/mol. The van der Waals surface area contributed by atoms with Gasteiger partial charge in [0.2, 0.25) is 0 Å². The van der Waals surface area contributed by atoms with Crippen LogP contribution in [0.5, 0.6) is 5.75 Å². The Hall–Kier alpha value is -0.251. The number of methoxy groups -OCH3 is 1. The van der Waals surface area contributed by atoms with Crippen molar-refractivity contribution in [3.63, 3.8) is 0 Å². The molecule has 0 saturated carbocycles. The molecule has 0 bridgehead atoms. The number of hydrogen-bond acceptors (Lipinski definition) is 1. The average Bonchev–Trinajstić information content (AvgIpc) is 2.56. The molecule has 23 heavy (non-hydrogen) atoms. The van der Waals surface area contributed by atoms with E-state index in [4.69, 9.17) is 4.74 Å². The van der Waals surface area contributed by atoms with Gasteiger partial charge in [0.25, 0.3) is 0 Å². The molecule has 0 aliphatic rings. The van der Waals surface area contributed by atoms with E-state index >= 15 is 0 Å². The molecule has 1 nitrogen and oxygen atoms in total. The molecule has 132 valence electrons. The van der Waals surface area contributed by atoms with Gasteiger partial charge in [-0.3, -0.25) is 0 Å². The summed E-state index contributed by atoms with van der Waals surface area (Å²) in [4.78, 5) is 0. The van der Waals surface area contributed by atoms with Crippen LogP contribution in [0.3, 0.4) is 0 Å². The first-order valence-corrected chi connectivity index (χ1v) is 17.5. The molecule has 1 aromatic carbocycles. The van der Waals surface area contributed by atoms with Crippen LogP contribution in [0.15, 0.2) is 18.2 Å². The molecule has 0 saturated heterocycles. The van der Waals surface area contributed by atoms with E-state index in [2.05, 4.69) is 20.8 Å². The Morgan fingerprint density at radius 3 is 1.87 bits per heavy atom. The fourth-order valence-corrected chi connectivity index (χ4v) is 19.8. The topological polar surface area (TPSA) is 9.23 Å². The molecule has 0 aliphatic heterocycles. The number of ether oxygens (including phenoxy) is 1. The molecule has 1 rings (SSSR count). The van der Waals surface area contributed by atoms with Crippen LogP contribution in [0, 0.1) is 5.82 Å². The van der Waals surface area contributed by atoms with Crippen molar-refractivity contribution < 1.29 is 9.13 Å². The van der Waals surface area contributed by atoms with Crippen LogP contribution in [0.25, 0.3) is 0 Å². The monoisotopic (exact) mass is 430 g/mol. The number of rotatable bonds is 12. The second kappa shape index (κ2) is 11.3. The van der Waals surface area contributed by atoms with E-state index in [-0.39, 0.29) is 5.82 Å². The van der Waals surface area contributed by atoms with Gasteiger partial charge in [-0.2, -0.15) is 0 Å². The van der Waals surface area contributed by atoms with Crippen molar-refractivity contribution in [1.29, 1.82) is 0 Å². The van der Waals surface area contributed by atoms with Crippen molar-refractivity contribution in [1.82, 2.24) is 0 Å². The van der Waals surface area contributed by atoms with Gasteiger partial charge in [0, 0.05) is 0 Å². The zero-order valence-corrected chi connectivity index (χ0v) is 18.4. The number of benzene rings is 1. The van der Waals surface area contributed by atoms with Gasteiger partial charge in [-0.1, -0.05) is 0 Å². The van der Waals surface area contributed by atoms with Crippen LogP contribution < -0.4 is 4.74 Å². The predicted octanol–water partition coefficient (Wildman–Crippen LogP) is 6.77. The Bertz CT molecular complexity index is 425. The predicted molar refractivity (Wildman–Crippen MR) is 102 cm³/mol. The van der Waals surface area contributed by atoms with Crippen molar-refractivity contribution in [3.05, 3.63) is 29.6 Å². The fourth-order valence-electron chi connectivity index (χ4n) is 3.58. The Labute approximate surface area is 146 Å². The molecule has 0 N–H and O–H groups in total. The van der Waals surface area contributed by atoms with Crippen LogP contribution in [0.1, 0.15) is 64.9 Å². The summed E-state index contributed by atoms with van der Waals surface area (Å²) in [7, 11) is 1.71. The molecular formula is C20H35FOSn. The van der Waals surface area contributed by atoms with E-state index in [1.807, 2.05) is 0 Å². The normalized spacial score (nSPS) is 11.7. The summed E-state index contributed by atoms with van der Waals surface area (Å²) in [6.07, 6.45) is 7.87. The van der Waals surface area contributed by atoms with E-state index in [9.17, 15) is 4.39 Å². The van der Waals surface area contributed by atoms with Gasteiger partial charge in [0.15, 0.2) is 0 Å². The molecule has 0 unspecified atom stereocenters. The first kappa shape index (κ1) is 20.8. The van der Waals surface area contributed by atoms with E-state index in [1.54, 1.807) is 19.2 Å². The van der Waals surface area contributed by atoms with Gasteiger partial charge in [-0.25, -0.2) is 0 Å². The third-order valence-corrected chi connectivity index (χ3v) is 20.3. The zero-order chi connectivity index (χ0) is 17.1. The quantitative estimate of drug-likeness (QED) is 0.334. The molecule has 0 amide bonds. The molecule has 0 atom stereocenters. The summed E-state index contributed by atoms with van der Waals surface area (Å²) >= 11 is -2.29. The summed E-state index contributed by atoms with van der Waals surface area (Å²) in [5.41, 5.74) is 1.13. The maximum atomic E-state index is 13.8. The Morgan fingerprint density at radius 2 is 1.43 bits per heavy atom. The third kappa shape index (κ3) is 7.02. The van der Waals surface area contributed by atoms with E-state index < -0.39 is 18.4 Å². The third-order valence-electron chi connectivity index (χ3n) is 4.99. The van der Waals surface area contributed by atoms with Crippen molar-refractivity contribution >= 4 is 18.4 Å². The van der Waals surface area contributed by atoms with Gasteiger partial charge in [-0.05, 0) is 0 Å². The molecule has 0 fully saturated rings. The maximum absolute atomic E-state index is 13.8. The molecule has 0 radical (unpaired) electrons. The summed E-state index contributed by atoms with van der Waals surface area (Å²) in [5.74, 6) is 0.763. The molecular weight excluding hydrogens is 394 g/mol. The summed E-state index contributed by atoms with van der Waals surface area (Å²) in [6.45, 7) is 6.87.